The summed E-state index contributed by atoms with van der Waals surface area (Å²) in [6.07, 6.45) is 0. The Morgan fingerprint density at radius 3 is 2.57 bits per heavy atom. The second-order valence-electron chi connectivity index (χ2n) is 2.48. The normalized spacial score (nSPS) is 10.5. The van der Waals surface area contributed by atoms with Gasteiger partial charge in [-0.3, -0.25) is 0 Å². The van der Waals surface area contributed by atoms with Crippen LogP contribution in [0.2, 0.25) is 5.02 Å². The SMILES string of the molecule is Clc1ccc(-c2nnc(Br)s2)c(Br)c1. The van der Waals surface area contributed by atoms with Crippen LogP contribution < -0.4 is 0 Å². The van der Waals surface area contributed by atoms with Crippen molar-refractivity contribution in [3.63, 3.8) is 0 Å². The van der Waals surface area contributed by atoms with Crippen molar-refractivity contribution in [1.29, 1.82) is 0 Å². The van der Waals surface area contributed by atoms with E-state index in [1.165, 1.54) is 11.3 Å². The maximum Gasteiger partial charge on any atom is 0.183 e. The van der Waals surface area contributed by atoms with Crippen LogP contribution in [0.25, 0.3) is 10.6 Å². The Bertz CT molecular complexity index is 472. The maximum absolute atomic E-state index is 5.84. The zero-order valence-electron chi connectivity index (χ0n) is 6.67. The molecule has 0 saturated heterocycles. The molecule has 0 saturated carbocycles. The standard InChI is InChI=1S/C8H3Br2ClN2S/c9-6-3-4(11)1-2-5(6)7-12-13-8(10)14-7/h1-3H. The number of nitrogens with zero attached hydrogens (tertiary/aromatic N) is 2. The highest BCUT2D eigenvalue weighted by Gasteiger charge is 2.08. The molecule has 0 atom stereocenters. The van der Waals surface area contributed by atoms with Crippen molar-refractivity contribution in [1.82, 2.24) is 10.2 Å². The van der Waals surface area contributed by atoms with E-state index in [0.29, 0.717) is 5.02 Å². The van der Waals surface area contributed by atoms with E-state index in [1.807, 2.05) is 18.2 Å². The predicted octanol–water partition coefficient (Wildman–Crippen LogP) is 4.38. The second kappa shape index (κ2) is 4.26. The van der Waals surface area contributed by atoms with Crippen LogP contribution in [0.1, 0.15) is 0 Å². The van der Waals surface area contributed by atoms with E-state index in [1.54, 1.807) is 0 Å². The van der Waals surface area contributed by atoms with Gasteiger partial charge in [-0.15, -0.1) is 10.2 Å². The zero-order chi connectivity index (χ0) is 10.1. The summed E-state index contributed by atoms with van der Waals surface area (Å²) in [5, 5.41) is 9.47. The third-order valence-electron chi connectivity index (χ3n) is 1.56. The summed E-state index contributed by atoms with van der Waals surface area (Å²) in [5.74, 6) is 0. The highest BCUT2D eigenvalue weighted by Crippen LogP contribution is 2.33. The lowest BCUT2D eigenvalue weighted by Crippen LogP contribution is -1.78. The fourth-order valence-electron chi connectivity index (χ4n) is 0.977. The second-order valence-corrected chi connectivity index (χ2v) is 6.03. The number of hydrogen-bond donors (Lipinski definition) is 0. The molecule has 1 aromatic carbocycles. The van der Waals surface area contributed by atoms with Crippen LogP contribution in [0.15, 0.2) is 26.6 Å². The Morgan fingerprint density at radius 1 is 1.21 bits per heavy atom. The molecular weight excluding hydrogens is 351 g/mol. The van der Waals surface area contributed by atoms with E-state index in [-0.39, 0.29) is 0 Å². The van der Waals surface area contributed by atoms with Gasteiger partial charge in [-0.05, 0) is 34.1 Å². The maximum atomic E-state index is 5.84. The summed E-state index contributed by atoms with van der Waals surface area (Å²) < 4.78 is 1.70. The van der Waals surface area contributed by atoms with Gasteiger partial charge in [0.25, 0.3) is 0 Å². The quantitative estimate of drug-likeness (QED) is 0.759. The third-order valence-corrected chi connectivity index (χ3v) is 3.84. The molecular formula is C8H3Br2ClN2S. The lowest BCUT2D eigenvalue weighted by atomic mass is 10.2. The predicted molar refractivity (Wildman–Crippen MR) is 65.8 cm³/mol. The molecule has 14 heavy (non-hydrogen) atoms. The van der Waals surface area contributed by atoms with Crippen LogP contribution in [0.3, 0.4) is 0 Å². The fourth-order valence-corrected chi connectivity index (χ4v) is 3.13. The van der Waals surface area contributed by atoms with Gasteiger partial charge in [-0.1, -0.05) is 38.9 Å². The lowest BCUT2D eigenvalue weighted by Gasteiger charge is -1.99. The molecule has 0 radical (unpaired) electrons. The van der Waals surface area contributed by atoms with Crippen molar-refractivity contribution in [2.75, 3.05) is 0 Å². The molecule has 1 aromatic heterocycles. The van der Waals surface area contributed by atoms with Gasteiger partial charge in [0.2, 0.25) is 0 Å². The summed E-state index contributed by atoms with van der Waals surface area (Å²) >= 11 is 14.0. The molecule has 0 aliphatic carbocycles. The fraction of sp³-hybridized carbons (Fsp3) is 0. The molecule has 0 aliphatic rings. The van der Waals surface area contributed by atoms with Crippen LogP contribution in [0.5, 0.6) is 0 Å². The Kier molecular flexibility index (Phi) is 3.21. The van der Waals surface area contributed by atoms with Crippen LogP contribution in [0, 0.1) is 0 Å². The van der Waals surface area contributed by atoms with Crippen molar-refractivity contribution in [2.45, 2.75) is 0 Å². The topological polar surface area (TPSA) is 25.8 Å². The van der Waals surface area contributed by atoms with Crippen LogP contribution >= 0.6 is 54.8 Å². The molecule has 0 bridgehead atoms. The number of benzene rings is 1. The van der Waals surface area contributed by atoms with E-state index in [2.05, 4.69) is 42.1 Å². The average molecular weight is 354 g/mol. The summed E-state index contributed by atoms with van der Waals surface area (Å²) in [7, 11) is 0. The average Bonchev–Trinajstić information content (AvgIpc) is 2.51. The largest absolute Gasteiger partial charge is 0.183 e. The summed E-state index contributed by atoms with van der Waals surface area (Å²) in [6, 6.07) is 5.59. The zero-order valence-corrected chi connectivity index (χ0v) is 11.4. The molecule has 2 aromatic rings. The first-order valence-electron chi connectivity index (χ1n) is 3.61. The van der Waals surface area contributed by atoms with Crippen LogP contribution in [0.4, 0.5) is 0 Å². The van der Waals surface area contributed by atoms with Crippen molar-refractivity contribution in [2.24, 2.45) is 0 Å². The highest BCUT2D eigenvalue weighted by molar-refractivity contribution is 9.11. The minimum atomic E-state index is 0.698. The minimum Gasteiger partial charge on any atom is -0.137 e. The van der Waals surface area contributed by atoms with Crippen LogP contribution in [-0.4, -0.2) is 10.2 Å². The van der Waals surface area contributed by atoms with Gasteiger partial charge in [0.05, 0.1) is 0 Å². The van der Waals surface area contributed by atoms with Crippen molar-refractivity contribution >= 4 is 54.8 Å². The van der Waals surface area contributed by atoms with Crippen molar-refractivity contribution in [3.8, 4) is 10.6 Å². The van der Waals surface area contributed by atoms with E-state index < -0.39 is 0 Å². The van der Waals surface area contributed by atoms with E-state index in [4.69, 9.17) is 11.6 Å². The smallest absolute Gasteiger partial charge is 0.137 e. The third kappa shape index (κ3) is 2.16. The summed E-state index contributed by atoms with van der Waals surface area (Å²) in [4.78, 5) is 0. The molecule has 0 aliphatic heterocycles. The molecule has 6 heteroatoms. The van der Waals surface area contributed by atoms with Gasteiger partial charge in [0.1, 0.15) is 5.01 Å². The number of aromatic nitrogens is 2. The highest BCUT2D eigenvalue weighted by atomic mass is 79.9. The first-order valence-corrected chi connectivity index (χ1v) is 6.39. The molecule has 2 rings (SSSR count). The first kappa shape index (κ1) is 10.5. The molecule has 2 nitrogen and oxygen atoms in total. The molecule has 0 spiro atoms. The molecule has 0 N–H and O–H groups in total. The minimum absolute atomic E-state index is 0.698. The monoisotopic (exact) mass is 352 g/mol. The van der Waals surface area contributed by atoms with Gasteiger partial charge < -0.3 is 0 Å². The molecule has 72 valence electrons. The number of hydrogen-bond acceptors (Lipinski definition) is 3. The van der Waals surface area contributed by atoms with Crippen LogP contribution in [-0.2, 0) is 0 Å². The number of rotatable bonds is 1. The molecule has 0 unspecified atom stereocenters. The molecule has 1 heterocycles. The van der Waals surface area contributed by atoms with Gasteiger partial charge in [-0.25, -0.2) is 0 Å². The van der Waals surface area contributed by atoms with E-state index in [0.717, 1.165) is 19.0 Å². The van der Waals surface area contributed by atoms with E-state index >= 15 is 0 Å². The van der Waals surface area contributed by atoms with Gasteiger partial charge >= 0.3 is 0 Å². The van der Waals surface area contributed by atoms with E-state index in [9.17, 15) is 0 Å². The lowest BCUT2D eigenvalue weighted by molar-refractivity contribution is 1.07. The Labute approximate surface area is 107 Å². The molecule has 0 fully saturated rings. The first-order chi connectivity index (χ1) is 6.66. The molecule has 0 amide bonds. The van der Waals surface area contributed by atoms with Gasteiger partial charge in [0.15, 0.2) is 3.92 Å². The summed E-state index contributed by atoms with van der Waals surface area (Å²) in [6.45, 7) is 0. The van der Waals surface area contributed by atoms with Crippen molar-refractivity contribution < 1.29 is 0 Å². The Hall–Kier alpha value is 0.0300. The Morgan fingerprint density at radius 2 is 2.00 bits per heavy atom. The van der Waals surface area contributed by atoms with Gasteiger partial charge in [-0.2, -0.15) is 0 Å². The number of halogens is 3. The summed E-state index contributed by atoms with van der Waals surface area (Å²) in [5.41, 5.74) is 0.998. The Balaban J connectivity index is 2.52. The van der Waals surface area contributed by atoms with Gasteiger partial charge in [0, 0.05) is 15.1 Å². The van der Waals surface area contributed by atoms with Crippen molar-refractivity contribution in [3.05, 3.63) is 31.6 Å².